The molecule has 0 aliphatic rings. The molecular weight excluding hydrogens is 433 g/mol. The molecule has 0 radical (unpaired) electrons. The summed E-state index contributed by atoms with van der Waals surface area (Å²) in [4.78, 5) is 12.5. The summed E-state index contributed by atoms with van der Waals surface area (Å²) in [6, 6.07) is 16.0. The van der Waals surface area contributed by atoms with Crippen LogP contribution in [-0.2, 0) is 6.54 Å². The molecule has 146 valence electrons. The first kappa shape index (κ1) is 19.5. The van der Waals surface area contributed by atoms with Crippen LogP contribution in [0.5, 0.6) is 0 Å². The van der Waals surface area contributed by atoms with Gasteiger partial charge in [0.2, 0.25) is 0 Å². The molecule has 0 unspecified atom stereocenters. The van der Waals surface area contributed by atoms with Gasteiger partial charge in [0.15, 0.2) is 5.82 Å². The molecule has 6 nitrogen and oxygen atoms in total. The predicted octanol–water partition coefficient (Wildman–Crippen LogP) is 5.53. The number of nitrogens with zero attached hydrogens (tertiary/aromatic N) is 3. The van der Waals surface area contributed by atoms with Crippen LogP contribution in [0.4, 0.5) is 5.82 Å². The summed E-state index contributed by atoms with van der Waals surface area (Å²) < 4.78 is 1.73. The Bertz CT molecular complexity index is 1170. The topological polar surface area (TPSA) is 75.6 Å². The molecule has 0 saturated heterocycles. The van der Waals surface area contributed by atoms with Gasteiger partial charge in [-0.3, -0.25) is 14.6 Å². The molecular formula is C20H14Cl3N5O. The van der Waals surface area contributed by atoms with Crippen LogP contribution in [0, 0.1) is 0 Å². The maximum atomic E-state index is 12.5. The van der Waals surface area contributed by atoms with Crippen LogP contribution in [-0.4, -0.2) is 25.9 Å². The summed E-state index contributed by atoms with van der Waals surface area (Å²) in [5.74, 6) is 0.0928. The number of nitrogens with one attached hydrogen (secondary N) is 2. The van der Waals surface area contributed by atoms with E-state index in [-0.39, 0.29) is 5.91 Å². The Morgan fingerprint density at radius 1 is 1.00 bits per heavy atom. The van der Waals surface area contributed by atoms with Gasteiger partial charge in [0.25, 0.3) is 5.91 Å². The van der Waals surface area contributed by atoms with Crippen molar-refractivity contribution in [3.8, 4) is 11.3 Å². The zero-order valence-electron chi connectivity index (χ0n) is 14.9. The van der Waals surface area contributed by atoms with Crippen molar-refractivity contribution in [2.45, 2.75) is 6.54 Å². The quantitative estimate of drug-likeness (QED) is 0.423. The zero-order valence-corrected chi connectivity index (χ0v) is 17.1. The molecule has 0 aliphatic heterocycles. The van der Waals surface area contributed by atoms with Gasteiger partial charge in [-0.25, -0.2) is 0 Å². The summed E-state index contributed by atoms with van der Waals surface area (Å²) in [5.41, 5.74) is 2.69. The molecule has 1 amide bonds. The Morgan fingerprint density at radius 2 is 1.79 bits per heavy atom. The standard InChI is InChI=1S/C20H14Cl3N5O/c21-14-4-1-12(2-5-14)11-28-8-7-19(27-28)24-20(29)18-10-17(25-26-18)13-3-6-15(22)16(23)9-13/h1-10H,11H2,(H,25,26)(H,24,27,29). The molecule has 0 aliphatic carbocycles. The minimum Gasteiger partial charge on any atom is -0.304 e. The Morgan fingerprint density at radius 3 is 2.55 bits per heavy atom. The van der Waals surface area contributed by atoms with Crippen molar-refractivity contribution >= 4 is 46.5 Å². The fourth-order valence-corrected chi connectivity index (χ4v) is 3.14. The lowest BCUT2D eigenvalue weighted by Gasteiger charge is -2.02. The second-order valence-electron chi connectivity index (χ2n) is 6.27. The van der Waals surface area contributed by atoms with Crippen molar-refractivity contribution in [2.75, 3.05) is 5.32 Å². The van der Waals surface area contributed by atoms with Crippen molar-refractivity contribution in [1.82, 2.24) is 20.0 Å². The van der Waals surface area contributed by atoms with Gasteiger partial charge in [0.1, 0.15) is 5.69 Å². The number of hydrogen-bond donors (Lipinski definition) is 2. The van der Waals surface area contributed by atoms with E-state index < -0.39 is 0 Å². The number of hydrogen-bond acceptors (Lipinski definition) is 3. The molecule has 9 heteroatoms. The van der Waals surface area contributed by atoms with Crippen molar-refractivity contribution < 1.29 is 4.79 Å². The lowest BCUT2D eigenvalue weighted by Crippen LogP contribution is -2.13. The number of anilines is 1. The number of amides is 1. The van der Waals surface area contributed by atoms with E-state index in [9.17, 15) is 4.79 Å². The molecule has 2 N–H and O–H groups in total. The van der Waals surface area contributed by atoms with Crippen molar-refractivity contribution in [3.05, 3.63) is 87.1 Å². The first-order valence-corrected chi connectivity index (χ1v) is 9.71. The molecule has 0 fully saturated rings. The Hall–Kier alpha value is -2.80. The number of halogens is 3. The number of aromatic amines is 1. The smallest absolute Gasteiger partial charge is 0.274 e. The van der Waals surface area contributed by atoms with E-state index in [1.165, 1.54) is 0 Å². The highest BCUT2D eigenvalue weighted by atomic mass is 35.5. The van der Waals surface area contributed by atoms with Crippen LogP contribution in [0.25, 0.3) is 11.3 Å². The van der Waals surface area contributed by atoms with Gasteiger partial charge in [0, 0.05) is 22.8 Å². The third-order valence-electron chi connectivity index (χ3n) is 4.18. The van der Waals surface area contributed by atoms with Gasteiger partial charge in [-0.2, -0.15) is 10.2 Å². The van der Waals surface area contributed by atoms with E-state index in [2.05, 4.69) is 20.6 Å². The summed E-state index contributed by atoms with van der Waals surface area (Å²) in [7, 11) is 0. The predicted molar refractivity (Wildman–Crippen MR) is 115 cm³/mol. The van der Waals surface area contributed by atoms with Gasteiger partial charge in [0.05, 0.1) is 22.3 Å². The van der Waals surface area contributed by atoms with Gasteiger partial charge in [-0.1, -0.05) is 53.0 Å². The second-order valence-corrected chi connectivity index (χ2v) is 7.53. The normalized spacial score (nSPS) is 10.9. The fraction of sp³-hybridized carbons (Fsp3) is 0.0500. The van der Waals surface area contributed by atoms with Crippen LogP contribution < -0.4 is 5.32 Å². The Kier molecular flexibility index (Phi) is 5.58. The molecule has 0 saturated carbocycles. The van der Waals surface area contributed by atoms with Gasteiger partial charge < -0.3 is 5.32 Å². The van der Waals surface area contributed by atoms with Crippen molar-refractivity contribution in [3.63, 3.8) is 0 Å². The largest absolute Gasteiger partial charge is 0.304 e. The van der Waals surface area contributed by atoms with E-state index in [4.69, 9.17) is 34.8 Å². The van der Waals surface area contributed by atoms with Crippen LogP contribution in [0.1, 0.15) is 16.1 Å². The minimum atomic E-state index is -0.347. The number of carbonyl (C=O) groups excluding carboxylic acids is 1. The van der Waals surface area contributed by atoms with Crippen LogP contribution >= 0.6 is 34.8 Å². The second kappa shape index (κ2) is 8.29. The van der Waals surface area contributed by atoms with Gasteiger partial charge in [-0.05, 0) is 35.9 Å². The molecule has 29 heavy (non-hydrogen) atoms. The summed E-state index contributed by atoms with van der Waals surface area (Å²) in [6.07, 6.45) is 1.79. The van der Waals surface area contributed by atoms with E-state index >= 15 is 0 Å². The highest BCUT2D eigenvalue weighted by Gasteiger charge is 2.13. The molecule has 0 spiro atoms. The van der Waals surface area contributed by atoms with E-state index in [0.717, 1.165) is 11.1 Å². The monoisotopic (exact) mass is 445 g/mol. The van der Waals surface area contributed by atoms with Crippen LogP contribution in [0.2, 0.25) is 15.1 Å². The SMILES string of the molecule is O=C(Nc1ccn(Cc2ccc(Cl)cc2)n1)c1cc(-c2ccc(Cl)c(Cl)c2)n[nH]1. The van der Waals surface area contributed by atoms with Gasteiger partial charge >= 0.3 is 0 Å². The van der Waals surface area contributed by atoms with Crippen molar-refractivity contribution in [1.29, 1.82) is 0 Å². The summed E-state index contributed by atoms with van der Waals surface area (Å²) >= 11 is 17.9. The Balaban J connectivity index is 1.43. The number of benzene rings is 2. The Labute approximate surface area is 181 Å². The summed E-state index contributed by atoms with van der Waals surface area (Å²) in [6.45, 7) is 0.568. The molecule has 2 aromatic heterocycles. The number of rotatable bonds is 5. The fourth-order valence-electron chi connectivity index (χ4n) is 2.72. The van der Waals surface area contributed by atoms with Crippen LogP contribution in [0.3, 0.4) is 0 Å². The molecule has 0 bridgehead atoms. The highest BCUT2D eigenvalue weighted by molar-refractivity contribution is 6.42. The number of aromatic nitrogens is 4. The highest BCUT2D eigenvalue weighted by Crippen LogP contribution is 2.27. The molecule has 0 atom stereocenters. The summed E-state index contributed by atoms with van der Waals surface area (Å²) in [5, 5.41) is 15.6. The third-order valence-corrected chi connectivity index (χ3v) is 5.17. The average Bonchev–Trinajstić information content (AvgIpc) is 3.36. The molecule has 2 aromatic carbocycles. The molecule has 4 aromatic rings. The third kappa shape index (κ3) is 4.62. The van der Waals surface area contributed by atoms with Gasteiger partial charge in [-0.15, -0.1) is 0 Å². The average molecular weight is 447 g/mol. The number of carbonyl (C=O) groups is 1. The number of H-pyrrole nitrogens is 1. The molecule has 4 rings (SSSR count). The van der Waals surface area contributed by atoms with E-state index in [0.29, 0.717) is 38.8 Å². The van der Waals surface area contributed by atoms with Crippen molar-refractivity contribution in [2.24, 2.45) is 0 Å². The van der Waals surface area contributed by atoms with E-state index in [1.807, 2.05) is 24.3 Å². The molecule has 2 heterocycles. The lowest BCUT2D eigenvalue weighted by atomic mass is 10.1. The zero-order chi connectivity index (χ0) is 20.4. The maximum Gasteiger partial charge on any atom is 0.274 e. The maximum absolute atomic E-state index is 12.5. The lowest BCUT2D eigenvalue weighted by molar-refractivity contribution is 0.102. The first-order valence-electron chi connectivity index (χ1n) is 8.58. The minimum absolute atomic E-state index is 0.304. The van der Waals surface area contributed by atoms with Crippen LogP contribution in [0.15, 0.2) is 60.8 Å². The van der Waals surface area contributed by atoms with E-state index in [1.54, 1.807) is 41.2 Å². The first-order chi connectivity index (χ1) is 14.0.